The van der Waals surface area contributed by atoms with Crippen molar-refractivity contribution in [2.24, 2.45) is 0 Å². The highest BCUT2D eigenvalue weighted by Crippen LogP contribution is 2.31. The molecule has 10 nitrogen and oxygen atoms in total. The van der Waals surface area contributed by atoms with Crippen molar-refractivity contribution >= 4 is 27.8 Å². The molecule has 2 amide bonds. The second kappa shape index (κ2) is 7.76. The predicted molar refractivity (Wildman–Crippen MR) is 100 cm³/mol. The number of fused-ring (bicyclic) bond motifs is 2. The zero-order valence-corrected chi connectivity index (χ0v) is 16.3. The summed E-state index contributed by atoms with van der Waals surface area (Å²) in [7, 11) is -4.09. The fraction of sp³-hybridized carbons (Fsp3) is 0.211. The van der Waals surface area contributed by atoms with Crippen LogP contribution in [0, 0.1) is 0 Å². The third-order valence-corrected chi connectivity index (χ3v) is 5.78. The van der Waals surface area contributed by atoms with Crippen LogP contribution in [0.4, 0.5) is 0 Å². The molecule has 1 N–H and O–H groups in total. The van der Waals surface area contributed by atoms with Crippen molar-refractivity contribution in [1.29, 1.82) is 0 Å². The number of nitrogens with zero attached hydrogens (tertiary/aromatic N) is 1. The number of carbonyl (C=O) groups is 3. The molecule has 0 aromatic heterocycles. The van der Waals surface area contributed by atoms with E-state index in [0.717, 1.165) is 0 Å². The molecule has 0 radical (unpaired) electrons. The molecule has 30 heavy (non-hydrogen) atoms. The lowest BCUT2D eigenvalue weighted by atomic mass is 10.1. The molecule has 0 aliphatic carbocycles. The Balaban J connectivity index is 1.41. The lowest BCUT2D eigenvalue weighted by Gasteiger charge is -2.13. The van der Waals surface area contributed by atoms with Crippen LogP contribution in [-0.2, 0) is 19.7 Å². The summed E-state index contributed by atoms with van der Waals surface area (Å²) in [5.74, 6) is -2.01. The molecule has 0 atom stereocenters. The Morgan fingerprint density at radius 2 is 1.63 bits per heavy atom. The maximum absolute atomic E-state index is 12.5. The highest BCUT2D eigenvalue weighted by atomic mass is 32.2. The molecule has 0 fully saturated rings. The van der Waals surface area contributed by atoms with E-state index in [2.05, 4.69) is 4.72 Å². The number of ether oxygens (including phenoxy) is 2. The summed E-state index contributed by atoms with van der Waals surface area (Å²) in [6.07, 6.45) is 0.665. The Morgan fingerprint density at radius 3 is 2.30 bits per heavy atom. The van der Waals surface area contributed by atoms with Crippen molar-refractivity contribution in [1.82, 2.24) is 9.79 Å². The maximum Gasteiger partial charge on any atom is 0.347 e. The first-order valence-corrected chi connectivity index (χ1v) is 10.4. The van der Waals surface area contributed by atoms with Crippen LogP contribution >= 0.6 is 0 Å². The van der Waals surface area contributed by atoms with E-state index >= 15 is 0 Å². The van der Waals surface area contributed by atoms with Gasteiger partial charge < -0.3 is 14.3 Å². The molecular formula is C19H16N2O8S. The summed E-state index contributed by atoms with van der Waals surface area (Å²) in [4.78, 5) is 41.1. The van der Waals surface area contributed by atoms with Gasteiger partial charge in [0.1, 0.15) is 6.54 Å². The molecule has 0 spiro atoms. The van der Waals surface area contributed by atoms with Crippen molar-refractivity contribution in [3.63, 3.8) is 0 Å². The first-order chi connectivity index (χ1) is 14.4. The highest BCUT2D eigenvalue weighted by molar-refractivity contribution is 7.89. The number of amides is 2. The molecule has 0 bridgehead atoms. The summed E-state index contributed by atoms with van der Waals surface area (Å²) >= 11 is 0. The van der Waals surface area contributed by atoms with Gasteiger partial charge in [0.05, 0.1) is 29.2 Å². The average molecular weight is 432 g/mol. The number of benzene rings is 2. The quantitative estimate of drug-likeness (QED) is 0.690. The van der Waals surface area contributed by atoms with E-state index in [1.165, 1.54) is 30.3 Å². The SMILES string of the molecule is O=C(CNS(=O)(=O)c1ccc2c(c1)OCCCO2)ON1C(=O)c2ccccc2C1=O. The molecule has 2 heterocycles. The van der Waals surface area contributed by atoms with Crippen molar-refractivity contribution in [3.8, 4) is 11.5 Å². The van der Waals surface area contributed by atoms with Crippen LogP contribution in [-0.4, -0.2) is 51.0 Å². The molecule has 2 aromatic rings. The van der Waals surface area contributed by atoms with Gasteiger partial charge in [-0.15, -0.1) is 0 Å². The molecule has 2 aromatic carbocycles. The lowest BCUT2D eigenvalue weighted by molar-refractivity contribution is -0.166. The van der Waals surface area contributed by atoms with E-state index in [1.807, 2.05) is 0 Å². The third kappa shape index (κ3) is 3.72. The largest absolute Gasteiger partial charge is 0.490 e. The molecule has 156 valence electrons. The number of nitrogens with one attached hydrogen (secondary N) is 1. The fourth-order valence-electron chi connectivity index (χ4n) is 2.93. The number of hydrogen-bond acceptors (Lipinski definition) is 8. The normalized spacial score (nSPS) is 15.5. The van der Waals surface area contributed by atoms with Crippen LogP contribution in [0.15, 0.2) is 47.4 Å². The minimum Gasteiger partial charge on any atom is -0.490 e. The number of hydrogen-bond donors (Lipinski definition) is 1. The van der Waals surface area contributed by atoms with E-state index in [4.69, 9.17) is 14.3 Å². The van der Waals surface area contributed by atoms with E-state index in [-0.39, 0.29) is 21.8 Å². The van der Waals surface area contributed by atoms with Gasteiger partial charge in [-0.2, -0.15) is 4.72 Å². The van der Waals surface area contributed by atoms with Gasteiger partial charge in [0.2, 0.25) is 10.0 Å². The third-order valence-electron chi connectivity index (χ3n) is 4.39. The Kier molecular flexibility index (Phi) is 5.14. The van der Waals surface area contributed by atoms with Gasteiger partial charge in [0.25, 0.3) is 11.8 Å². The first kappa shape index (κ1) is 19.9. The minimum atomic E-state index is -4.09. The van der Waals surface area contributed by atoms with E-state index in [1.54, 1.807) is 12.1 Å². The van der Waals surface area contributed by atoms with Gasteiger partial charge in [0.15, 0.2) is 11.5 Å². The summed E-state index contributed by atoms with van der Waals surface area (Å²) in [5.41, 5.74) is 0.200. The van der Waals surface area contributed by atoms with Crippen LogP contribution in [0.5, 0.6) is 11.5 Å². The van der Waals surface area contributed by atoms with Gasteiger partial charge in [-0.05, 0) is 24.3 Å². The van der Waals surface area contributed by atoms with Crippen LogP contribution < -0.4 is 14.2 Å². The molecular weight excluding hydrogens is 416 g/mol. The Hall–Kier alpha value is -3.44. The van der Waals surface area contributed by atoms with Gasteiger partial charge in [-0.1, -0.05) is 17.2 Å². The smallest absolute Gasteiger partial charge is 0.347 e. The van der Waals surface area contributed by atoms with Crippen LogP contribution in [0.1, 0.15) is 27.1 Å². The van der Waals surface area contributed by atoms with Crippen LogP contribution in [0.3, 0.4) is 0 Å². The number of carbonyl (C=O) groups excluding carboxylic acids is 3. The monoisotopic (exact) mass is 432 g/mol. The van der Waals surface area contributed by atoms with Crippen molar-refractivity contribution < 1.29 is 37.1 Å². The maximum atomic E-state index is 12.5. The number of sulfonamides is 1. The zero-order chi connectivity index (χ0) is 21.3. The molecule has 0 saturated carbocycles. The zero-order valence-electron chi connectivity index (χ0n) is 15.5. The van der Waals surface area contributed by atoms with Crippen molar-refractivity contribution in [3.05, 3.63) is 53.6 Å². The Morgan fingerprint density at radius 1 is 1.00 bits per heavy atom. The van der Waals surface area contributed by atoms with E-state index in [9.17, 15) is 22.8 Å². The van der Waals surface area contributed by atoms with Crippen molar-refractivity contribution in [2.45, 2.75) is 11.3 Å². The molecule has 4 rings (SSSR count). The van der Waals surface area contributed by atoms with Crippen molar-refractivity contribution in [2.75, 3.05) is 19.8 Å². The molecule has 0 saturated heterocycles. The lowest BCUT2D eigenvalue weighted by Crippen LogP contribution is -2.38. The van der Waals surface area contributed by atoms with Gasteiger partial charge in [-0.3, -0.25) is 9.59 Å². The molecule has 0 unspecified atom stereocenters. The second-order valence-electron chi connectivity index (χ2n) is 6.40. The predicted octanol–water partition coefficient (Wildman–Crippen LogP) is 0.881. The van der Waals surface area contributed by atoms with Gasteiger partial charge >= 0.3 is 5.97 Å². The average Bonchev–Trinajstić information content (AvgIpc) is 2.91. The Labute approximate surface area is 171 Å². The van der Waals surface area contributed by atoms with Gasteiger partial charge in [0, 0.05) is 12.5 Å². The van der Waals surface area contributed by atoms with E-state index < -0.39 is 34.4 Å². The molecule has 2 aliphatic rings. The summed E-state index contributed by atoms with van der Waals surface area (Å²) in [6.45, 7) is 0.0573. The molecule has 11 heteroatoms. The van der Waals surface area contributed by atoms with Crippen LogP contribution in [0.2, 0.25) is 0 Å². The fourth-order valence-corrected chi connectivity index (χ4v) is 3.92. The van der Waals surface area contributed by atoms with Crippen LogP contribution in [0.25, 0.3) is 0 Å². The standard InChI is InChI=1S/C19H16N2O8S/c22-17(29-21-18(23)13-4-1-2-5-14(13)19(21)24)11-20-30(25,26)12-6-7-15-16(10-12)28-9-3-8-27-15/h1-2,4-7,10,20H,3,8-9,11H2. The van der Waals surface area contributed by atoms with Gasteiger partial charge in [-0.25, -0.2) is 13.2 Å². The highest BCUT2D eigenvalue weighted by Gasteiger charge is 2.38. The first-order valence-electron chi connectivity index (χ1n) is 8.95. The number of imide groups is 1. The minimum absolute atomic E-state index is 0.100. The summed E-state index contributed by atoms with van der Waals surface area (Å²) < 4.78 is 38.0. The second-order valence-corrected chi connectivity index (χ2v) is 8.16. The molecule has 2 aliphatic heterocycles. The summed E-state index contributed by atoms with van der Waals surface area (Å²) in [5, 5.41) is 0.314. The van der Waals surface area contributed by atoms with E-state index in [0.29, 0.717) is 30.4 Å². The summed E-state index contributed by atoms with van der Waals surface area (Å²) in [6, 6.07) is 10.1. The number of hydroxylamine groups is 2. The Bertz CT molecular complexity index is 1110. The topological polar surface area (TPSA) is 128 Å². The number of rotatable bonds is 5.